The third-order valence-electron chi connectivity index (χ3n) is 14.7. The summed E-state index contributed by atoms with van der Waals surface area (Å²) in [5.41, 5.74) is 0. The monoisotopic (exact) mass is 1230 g/mol. The SMILES string of the molecule is CCCCCCCCCCCCCCCCCC(=O)O[C@H](COC(=O)CCCCCCCCCCCCC(C)C)COP(=O)(O)OC[C@@H](O)COP(=O)(O)OC[C@@H](COC(=O)CCCCCCC)OC(=O)CCCCCCCCCC(C)C. The summed E-state index contributed by atoms with van der Waals surface area (Å²) in [6, 6.07) is 0. The number of aliphatic hydroxyl groups excluding tert-OH is 1. The first-order valence-corrected chi connectivity index (χ1v) is 36.5. The molecule has 0 spiro atoms. The van der Waals surface area contributed by atoms with Gasteiger partial charge in [-0.1, -0.05) is 266 Å². The molecule has 0 aliphatic heterocycles. The molecule has 2 unspecified atom stereocenters. The van der Waals surface area contributed by atoms with Gasteiger partial charge in [0.2, 0.25) is 0 Å². The lowest BCUT2D eigenvalue weighted by Crippen LogP contribution is -2.30. The van der Waals surface area contributed by atoms with Crippen LogP contribution in [0.3, 0.4) is 0 Å². The number of hydrogen-bond donors (Lipinski definition) is 3. The molecule has 0 radical (unpaired) electrons. The highest BCUT2D eigenvalue weighted by Gasteiger charge is 2.30. The Labute approximate surface area is 505 Å². The number of carbonyl (C=O) groups excluding carboxylic acids is 4. The van der Waals surface area contributed by atoms with Gasteiger partial charge in [-0.15, -0.1) is 0 Å². The van der Waals surface area contributed by atoms with Gasteiger partial charge < -0.3 is 33.8 Å². The van der Waals surface area contributed by atoms with E-state index in [1.54, 1.807) is 0 Å². The Morgan fingerprint density at radius 3 is 0.819 bits per heavy atom. The second-order valence-corrected chi connectivity index (χ2v) is 27.0. The number of esters is 4. The van der Waals surface area contributed by atoms with Crippen molar-refractivity contribution >= 4 is 39.5 Å². The van der Waals surface area contributed by atoms with Crippen molar-refractivity contribution in [2.45, 2.75) is 336 Å². The van der Waals surface area contributed by atoms with Crippen LogP contribution in [0.25, 0.3) is 0 Å². The van der Waals surface area contributed by atoms with Gasteiger partial charge in [-0.2, -0.15) is 0 Å². The number of ether oxygens (including phenoxy) is 4. The van der Waals surface area contributed by atoms with E-state index >= 15 is 0 Å². The van der Waals surface area contributed by atoms with Gasteiger partial charge >= 0.3 is 39.5 Å². The predicted octanol–water partition coefficient (Wildman–Crippen LogP) is 17.7. The standard InChI is InChI=1S/C64H124O17P2/c1-7-9-11-13-14-15-16-17-18-19-20-25-30-36-42-48-63(68)81-60(53-75-62(67)47-41-35-29-24-22-21-23-27-33-38-44-56(3)4)55-79-83(72,73)77-51-58(65)50-76-82(70,71)78-54-59(52-74-61(66)46-40-32-12-10-8-2)80-64(69)49-43-37-31-26-28-34-39-45-57(5)6/h56-60,65H,7-55H2,1-6H3,(H,70,71)(H,72,73)/t58-,59+,60+/m0/s1. The average molecular weight is 1230 g/mol. The van der Waals surface area contributed by atoms with Gasteiger partial charge in [-0.05, 0) is 37.5 Å². The molecule has 492 valence electrons. The average Bonchev–Trinajstić information content (AvgIpc) is 3.45. The quantitative estimate of drug-likeness (QED) is 0.0222. The van der Waals surface area contributed by atoms with Gasteiger partial charge in [0.15, 0.2) is 12.2 Å². The molecule has 0 aliphatic rings. The summed E-state index contributed by atoms with van der Waals surface area (Å²) in [7, 11) is -9.88. The van der Waals surface area contributed by atoms with Crippen LogP contribution in [-0.2, 0) is 65.4 Å². The minimum Gasteiger partial charge on any atom is -0.462 e. The lowest BCUT2D eigenvalue weighted by atomic mass is 10.0. The van der Waals surface area contributed by atoms with Crippen molar-refractivity contribution in [3.8, 4) is 0 Å². The number of phosphoric ester groups is 2. The van der Waals surface area contributed by atoms with Crippen LogP contribution in [-0.4, -0.2) is 96.7 Å². The topological polar surface area (TPSA) is 237 Å². The number of carbonyl (C=O) groups is 4. The van der Waals surface area contributed by atoms with E-state index in [1.165, 1.54) is 128 Å². The molecule has 0 saturated carbocycles. The Kier molecular flexibility index (Phi) is 55.2. The van der Waals surface area contributed by atoms with Gasteiger partial charge in [0.05, 0.1) is 26.4 Å². The summed E-state index contributed by atoms with van der Waals surface area (Å²) in [5, 5.41) is 10.5. The van der Waals surface area contributed by atoms with Crippen LogP contribution in [0.1, 0.15) is 318 Å². The maximum absolute atomic E-state index is 13.0. The fraction of sp³-hybridized carbons (Fsp3) is 0.938. The van der Waals surface area contributed by atoms with Crippen molar-refractivity contribution in [1.29, 1.82) is 0 Å². The zero-order chi connectivity index (χ0) is 61.5. The van der Waals surface area contributed by atoms with Gasteiger partial charge in [-0.25, -0.2) is 9.13 Å². The van der Waals surface area contributed by atoms with E-state index in [9.17, 15) is 43.2 Å². The van der Waals surface area contributed by atoms with Crippen LogP contribution in [0.2, 0.25) is 0 Å². The molecule has 83 heavy (non-hydrogen) atoms. The third kappa shape index (κ3) is 58.8. The van der Waals surface area contributed by atoms with Crippen molar-refractivity contribution < 1.29 is 80.2 Å². The number of hydrogen-bond acceptors (Lipinski definition) is 15. The molecular formula is C64H124O17P2. The molecule has 0 aromatic rings. The van der Waals surface area contributed by atoms with Crippen LogP contribution in [0, 0.1) is 11.8 Å². The molecule has 0 aliphatic carbocycles. The number of rotatable bonds is 63. The fourth-order valence-electron chi connectivity index (χ4n) is 9.53. The van der Waals surface area contributed by atoms with Gasteiger partial charge in [0, 0.05) is 25.7 Å². The molecule has 0 heterocycles. The minimum absolute atomic E-state index is 0.102. The molecule has 3 N–H and O–H groups in total. The third-order valence-corrected chi connectivity index (χ3v) is 16.6. The lowest BCUT2D eigenvalue weighted by Gasteiger charge is -2.21. The zero-order valence-electron chi connectivity index (χ0n) is 53.5. The zero-order valence-corrected chi connectivity index (χ0v) is 55.3. The highest BCUT2D eigenvalue weighted by atomic mass is 31.2. The van der Waals surface area contributed by atoms with Gasteiger partial charge in [0.25, 0.3) is 0 Å². The van der Waals surface area contributed by atoms with Crippen LogP contribution < -0.4 is 0 Å². The second-order valence-electron chi connectivity index (χ2n) is 24.1. The molecule has 0 saturated heterocycles. The van der Waals surface area contributed by atoms with E-state index in [0.717, 1.165) is 102 Å². The summed E-state index contributed by atoms with van der Waals surface area (Å²) < 4.78 is 67.8. The molecule has 5 atom stereocenters. The lowest BCUT2D eigenvalue weighted by molar-refractivity contribution is -0.161. The van der Waals surface area contributed by atoms with Gasteiger partial charge in [0.1, 0.15) is 19.3 Å². The van der Waals surface area contributed by atoms with Crippen LogP contribution >= 0.6 is 15.6 Å². The summed E-state index contributed by atoms with van der Waals surface area (Å²) >= 11 is 0. The Hall–Kier alpha value is -1.94. The maximum atomic E-state index is 13.0. The minimum atomic E-state index is -4.94. The highest BCUT2D eigenvalue weighted by Crippen LogP contribution is 2.45. The Morgan fingerprint density at radius 1 is 0.325 bits per heavy atom. The maximum Gasteiger partial charge on any atom is 0.472 e. The molecular weight excluding hydrogens is 1100 g/mol. The van der Waals surface area contributed by atoms with E-state index in [2.05, 4.69) is 41.5 Å². The highest BCUT2D eigenvalue weighted by molar-refractivity contribution is 7.47. The van der Waals surface area contributed by atoms with Crippen LogP contribution in [0.4, 0.5) is 0 Å². The predicted molar refractivity (Wildman–Crippen MR) is 331 cm³/mol. The second kappa shape index (κ2) is 56.6. The number of unbranched alkanes of at least 4 members (excludes halogenated alkanes) is 33. The normalized spacial score (nSPS) is 14.3. The Bertz CT molecular complexity index is 1630. The van der Waals surface area contributed by atoms with E-state index < -0.39 is 97.5 Å². The van der Waals surface area contributed by atoms with Gasteiger partial charge in [-0.3, -0.25) is 37.3 Å². The summed E-state index contributed by atoms with van der Waals surface area (Å²) in [6.07, 6.45) is 39.4. The molecule has 0 rings (SSSR count). The van der Waals surface area contributed by atoms with E-state index in [4.69, 9.17) is 37.0 Å². The van der Waals surface area contributed by atoms with E-state index in [-0.39, 0.29) is 25.7 Å². The Balaban J connectivity index is 5.18. The molecule has 0 fully saturated rings. The summed E-state index contributed by atoms with van der Waals surface area (Å²) in [5.74, 6) is -0.690. The first kappa shape index (κ1) is 81.1. The summed E-state index contributed by atoms with van der Waals surface area (Å²) in [4.78, 5) is 72.0. The van der Waals surface area contributed by atoms with E-state index in [1.807, 2.05) is 0 Å². The largest absolute Gasteiger partial charge is 0.472 e. The molecule has 0 amide bonds. The smallest absolute Gasteiger partial charge is 0.462 e. The fourth-order valence-corrected chi connectivity index (χ4v) is 11.1. The van der Waals surface area contributed by atoms with Crippen molar-refractivity contribution in [3.63, 3.8) is 0 Å². The molecule has 0 aromatic carbocycles. The van der Waals surface area contributed by atoms with Crippen molar-refractivity contribution in [2.24, 2.45) is 11.8 Å². The number of aliphatic hydroxyl groups is 1. The molecule has 19 heteroatoms. The number of phosphoric acid groups is 2. The van der Waals surface area contributed by atoms with Crippen LogP contribution in [0.15, 0.2) is 0 Å². The molecule has 17 nitrogen and oxygen atoms in total. The molecule has 0 aromatic heterocycles. The first-order chi connectivity index (χ1) is 39.9. The van der Waals surface area contributed by atoms with Crippen molar-refractivity contribution in [2.75, 3.05) is 39.6 Å². The van der Waals surface area contributed by atoms with Crippen LogP contribution in [0.5, 0.6) is 0 Å². The molecule has 0 bridgehead atoms. The van der Waals surface area contributed by atoms with Crippen molar-refractivity contribution in [3.05, 3.63) is 0 Å². The van der Waals surface area contributed by atoms with Crippen molar-refractivity contribution in [1.82, 2.24) is 0 Å². The van der Waals surface area contributed by atoms with E-state index in [0.29, 0.717) is 31.6 Å². The summed E-state index contributed by atoms with van der Waals surface area (Å²) in [6.45, 7) is 9.34. The first-order valence-electron chi connectivity index (χ1n) is 33.5. The Morgan fingerprint density at radius 2 is 0.554 bits per heavy atom.